The first-order valence-corrected chi connectivity index (χ1v) is 5.70. The van der Waals surface area contributed by atoms with Gasteiger partial charge in [-0.3, -0.25) is 9.59 Å². The number of carbonyl (C=O) groups is 2. The van der Waals surface area contributed by atoms with Crippen molar-refractivity contribution in [2.45, 2.75) is 12.8 Å². The molecule has 0 aliphatic carbocycles. The van der Waals surface area contributed by atoms with Crippen LogP contribution in [0.15, 0.2) is 0 Å². The van der Waals surface area contributed by atoms with Crippen molar-refractivity contribution >= 4 is 23.4 Å². The van der Waals surface area contributed by atoms with Crippen LogP contribution >= 0.6 is 11.6 Å². The molecule has 0 unspecified atom stereocenters. The minimum atomic E-state index is -0.182. The lowest BCUT2D eigenvalue weighted by Crippen LogP contribution is -2.39. The summed E-state index contributed by atoms with van der Waals surface area (Å²) < 4.78 is 4.79. The number of alkyl halides is 1. The summed E-state index contributed by atoms with van der Waals surface area (Å²) in [4.78, 5) is 24.1. The van der Waals surface area contributed by atoms with E-state index in [1.165, 1.54) is 4.90 Å². The highest BCUT2D eigenvalue weighted by Crippen LogP contribution is 1.96. The Morgan fingerprint density at radius 2 is 2.12 bits per heavy atom. The van der Waals surface area contributed by atoms with Crippen LogP contribution in [0, 0.1) is 0 Å². The normalized spacial score (nSPS) is 9.94. The molecule has 0 spiro atoms. The zero-order valence-corrected chi connectivity index (χ0v) is 10.5. The Balaban J connectivity index is 3.71. The third-order valence-electron chi connectivity index (χ3n) is 1.96. The van der Waals surface area contributed by atoms with Gasteiger partial charge in [0.2, 0.25) is 11.8 Å². The van der Waals surface area contributed by atoms with Gasteiger partial charge in [0.15, 0.2) is 0 Å². The van der Waals surface area contributed by atoms with Crippen molar-refractivity contribution in [1.82, 2.24) is 10.2 Å². The van der Waals surface area contributed by atoms with Crippen molar-refractivity contribution in [3.8, 4) is 0 Å². The molecule has 0 radical (unpaired) electrons. The van der Waals surface area contributed by atoms with E-state index in [2.05, 4.69) is 5.32 Å². The van der Waals surface area contributed by atoms with Gasteiger partial charge < -0.3 is 15.0 Å². The van der Waals surface area contributed by atoms with E-state index in [4.69, 9.17) is 16.3 Å². The van der Waals surface area contributed by atoms with E-state index in [-0.39, 0.29) is 18.4 Å². The van der Waals surface area contributed by atoms with Gasteiger partial charge >= 0.3 is 0 Å². The van der Waals surface area contributed by atoms with E-state index in [9.17, 15) is 9.59 Å². The number of ether oxygens (including phenoxy) is 1. The third-order valence-corrected chi connectivity index (χ3v) is 2.23. The lowest BCUT2D eigenvalue weighted by atomic mass is 10.3. The van der Waals surface area contributed by atoms with E-state index < -0.39 is 0 Å². The van der Waals surface area contributed by atoms with Crippen molar-refractivity contribution in [2.24, 2.45) is 0 Å². The van der Waals surface area contributed by atoms with Crippen molar-refractivity contribution < 1.29 is 14.3 Å². The molecule has 0 aromatic heterocycles. The largest absolute Gasteiger partial charge is 0.383 e. The standard InChI is InChI=1S/C10H19ClN2O3/c1-13(10(15)4-3-5-11)8-9(14)12-6-7-16-2/h3-8H2,1-2H3,(H,12,14). The van der Waals surface area contributed by atoms with Crippen molar-refractivity contribution in [2.75, 3.05) is 39.7 Å². The molecule has 0 aromatic rings. The summed E-state index contributed by atoms with van der Waals surface area (Å²) in [5.41, 5.74) is 0. The molecule has 94 valence electrons. The van der Waals surface area contributed by atoms with Crippen LogP contribution in [0.3, 0.4) is 0 Å². The summed E-state index contributed by atoms with van der Waals surface area (Å²) in [6.07, 6.45) is 1.02. The van der Waals surface area contributed by atoms with Gasteiger partial charge in [0, 0.05) is 33.0 Å². The zero-order chi connectivity index (χ0) is 12.4. The molecule has 1 N–H and O–H groups in total. The highest BCUT2D eigenvalue weighted by molar-refractivity contribution is 6.17. The minimum Gasteiger partial charge on any atom is -0.383 e. The molecule has 0 saturated carbocycles. The number of amides is 2. The monoisotopic (exact) mass is 250 g/mol. The molecular formula is C10H19ClN2O3. The van der Waals surface area contributed by atoms with Crippen LogP contribution in [0.25, 0.3) is 0 Å². The van der Waals surface area contributed by atoms with Crippen LogP contribution < -0.4 is 5.32 Å². The number of nitrogens with zero attached hydrogens (tertiary/aromatic N) is 1. The van der Waals surface area contributed by atoms with Gasteiger partial charge in [0.05, 0.1) is 13.2 Å². The minimum absolute atomic E-state index is 0.0671. The van der Waals surface area contributed by atoms with Crippen LogP contribution in [0.4, 0.5) is 0 Å². The molecule has 0 aliphatic heterocycles. The number of methoxy groups -OCH3 is 1. The maximum atomic E-state index is 11.4. The highest BCUT2D eigenvalue weighted by Gasteiger charge is 2.11. The summed E-state index contributed by atoms with van der Waals surface area (Å²) in [7, 11) is 3.17. The predicted molar refractivity (Wildman–Crippen MR) is 62.5 cm³/mol. The maximum absolute atomic E-state index is 11.4. The fourth-order valence-corrected chi connectivity index (χ4v) is 1.19. The molecule has 5 nitrogen and oxygen atoms in total. The lowest BCUT2D eigenvalue weighted by molar-refractivity contribution is -0.134. The van der Waals surface area contributed by atoms with Crippen molar-refractivity contribution in [3.05, 3.63) is 0 Å². The SMILES string of the molecule is COCCNC(=O)CN(C)C(=O)CCCCl. The average Bonchev–Trinajstić information content (AvgIpc) is 2.26. The van der Waals surface area contributed by atoms with Gasteiger partial charge in [-0.25, -0.2) is 0 Å². The van der Waals surface area contributed by atoms with E-state index in [0.717, 1.165) is 0 Å². The van der Waals surface area contributed by atoms with Crippen molar-refractivity contribution in [1.29, 1.82) is 0 Å². The zero-order valence-electron chi connectivity index (χ0n) is 9.79. The third kappa shape index (κ3) is 7.48. The number of nitrogens with one attached hydrogen (secondary N) is 1. The topological polar surface area (TPSA) is 58.6 Å². The molecule has 0 atom stereocenters. The first kappa shape index (κ1) is 15.2. The first-order chi connectivity index (χ1) is 7.61. The second kappa shape index (κ2) is 9.42. The van der Waals surface area contributed by atoms with Gasteiger partial charge in [-0.2, -0.15) is 0 Å². The number of hydrogen-bond donors (Lipinski definition) is 1. The van der Waals surface area contributed by atoms with Crippen LogP contribution in [0.2, 0.25) is 0 Å². The van der Waals surface area contributed by atoms with Crippen molar-refractivity contribution in [3.63, 3.8) is 0 Å². The molecular weight excluding hydrogens is 232 g/mol. The van der Waals surface area contributed by atoms with Crippen LogP contribution in [0.5, 0.6) is 0 Å². The predicted octanol–water partition coefficient (Wildman–Crippen LogP) is 0.226. The number of halogens is 1. The van der Waals surface area contributed by atoms with E-state index in [1.54, 1.807) is 14.2 Å². The number of carbonyl (C=O) groups excluding carboxylic acids is 2. The Kier molecular flexibility index (Phi) is 8.94. The van der Waals surface area contributed by atoms with Gasteiger partial charge in [-0.05, 0) is 6.42 Å². The highest BCUT2D eigenvalue weighted by atomic mass is 35.5. The van der Waals surface area contributed by atoms with E-state index in [1.807, 2.05) is 0 Å². The fraction of sp³-hybridized carbons (Fsp3) is 0.800. The van der Waals surface area contributed by atoms with E-state index in [0.29, 0.717) is 31.9 Å². The number of likely N-dealkylation sites (N-methyl/N-ethyl adjacent to an activating group) is 1. The molecule has 2 amide bonds. The van der Waals surface area contributed by atoms with Gasteiger partial charge in [0.25, 0.3) is 0 Å². The average molecular weight is 251 g/mol. The fourth-order valence-electron chi connectivity index (χ4n) is 1.06. The van der Waals surface area contributed by atoms with Gasteiger partial charge in [0.1, 0.15) is 0 Å². The summed E-state index contributed by atoms with van der Waals surface area (Å²) in [6.45, 7) is 1.000. The van der Waals surface area contributed by atoms with Crippen LogP contribution in [-0.2, 0) is 14.3 Å². The van der Waals surface area contributed by atoms with Gasteiger partial charge in [-0.15, -0.1) is 11.6 Å². The smallest absolute Gasteiger partial charge is 0.239 e. The molecule has 0 heterocycles. The Bertz CT molecular complexity index is 224. The number of hydrogen-bond acceptors (Lipinski definition) is 3. The van der Waals surface area contributed by atoms with Crippen LogP contribution in [-0.4, -0.2) is 56.4 Å². The Morgan fingerprint density at radius 1 is 1.44 bits per heavy atom. The molecule has 0 aliphatic rings. The Labute approximate surface area is 101 Å². The summed E-state index contributed by atoms with van der Waals surface area (Å²) >= 11 is 5.48. The maximum Gasteiger partial charge on any atom is 0.239 e. The van der Waals surface area contributed by atoms with Gasteiger partial charge in [-0.1, -0.05) is 0 Å². The summed E-state index contributed by atoms with van der Waals surface area (Å²) in [5, 5.41) is 2.64. The molecule has 0 aromatic carbocycles. The quantitative estimate of drug-likeness (QED) is 0.496. The molecule has 0 saturated heterocycles. The Morgan fingerprint density at radius 3 is 2.69 bits per heavy atom. The second-order valence-electron chi connectivity index (χ2n) is 3.39. The Hall–Kier alpha value is -0.810. The molecule has 0 bridgehead atoms. The first-order valence-electron chi connectivity index (χ1n) is 5.17. The van der Waals surface area contributed by atoms with E-state index >= 15 is 0 Å². The molecule has 0 fully saturated rings. The molecule has 16 heavy (non-hydrogen) atoms. The second-order valence-corrected chi connectivity index (χ2v) is 3.76. The summed E-state index contributed by atoms with van der Waals surface area (Å²) in [6, 6.07) is 0. The summed E-state index contributed by atoms with van der Waals surface area (Å²) in [5.74, 6) is 0.209. The lowest BCUT2D eigenvalue weighted by Gasteiger charge is -2.16. The van der Waals surface area contributed by atoms with Crippen LogP contribution in [0.1, 0.15) is 12.8 Å². The number of rotatable bonds is 8. The molecule has 6 heteroatoms. The molecule has 0 rings (SSSR count).